The molecule has 1 atom stereocenters. The van der Waals surface area contributed by atoms with Crippen LogP contribution in [0.4, 0.5) is 0 Å². The maximum Gasteiger partial charge on any atom is 0.228 e. The highest BCUT2D eigenvalue weighted by atomic mass is 32.1. The lowest BCUT2D eigenvalue weighted by atomic mass is 9.95. The summed E-state index contributed by atoms with van der Waals surface area (Å²) in [6, 6.07) is 0.467. The van der Waals surface area contributed by atoms with Crippen LogP contribution in [0.3, 0.4) is 0 Å². The molecule has 0 bridgehead atoms. The van der Waals surface area contributed by atoms with Crippen LogP contribution in [0.2, 0.25) is 0 Å². The van der Waals surface area contributed by atoms with Crippen LogP contribution in [0, 0.1) is 12.8 Å². The summed E-state index contributed by atoms with van der Waals surface area (Å²) >= 11 is 1.68. The van der Waals surface area contributed by atoms with Gasteiger partial charge in [0, 0.05) is 23.4 Å². The lowest BCUT2D eigenvalue weighted by Crippen LogP contribution is -2.37. The molecule has 21 heavy (non-hydrogen) atoms. The lowest BCUT2D eigenvalue weighted by Gasteiger charge is -2.22. The van der Waals surface area contributed by atoms with Gasteiger partial charge in [-0.3, -0.25) is 0 Å². The molecule has 0 saturated heterocycles. The van der Waals surface area contributed by atoms with E-state index in [1.807, 2.05) is 0 Å². The Hall–Kier alpha value is -1.20. The first-order valence-electron chi connectivity index (χ1n) is 7.87. The topological polar surface area (TPSA) is 51.0 Å². The van der Waals surface area contributed by atoms with Crippen molar-refractivity contribution >= 4 is 11.3 Å². The average molecular weight is 305 g/mol. The molecule has 1 aliphatic carbocycles. The van der Waals surface area contributed by atoms with E-state index in [1.165, 1.54) is 31.2 Å². The Kier molecular flexibility index (Phi) is 4.70. The number of aryl methyl sites for hydroxylation is 1. The van der Waals surface area contributed by atoms with Gasteiger partial charge in [0.15, 0.2) is 0 Å². The summed E-state index contributed by atoms with van der Waals surface area (Å²) in [5, 5.41) is 12.0. The third-order valence-electron chi connectivity index (χ3n) is 4.39. The van der Waals surface area contributed by atoms with Crippen molar-refractivity contribution in [1.29, 1.82) is 0 Å². The van der Waals surface area contributed by atoms with E-state index in [-0.39, 0.29) is 0 Å². The molecule has 1 fully saturated rings. The number of hydrogen-bond donors (Lipinski definition) is 1. The van der Waals surface area contributed by atoms with E-state index >= 15 is 0 Å². The van der Waals surface area contributed by atoms with Gasteiger partial charge < -0.3 is 9.84 Å². The fourth-order valence-corrected chi connectivity index (χ4v) is 4.08. The number of thiophene rings is 1. The Morgan fingerprint density at radius 3 is 2.86 bits per heavy atom. The molecule has 0 aliphatic heterocycles. The quantitative estimate of drug-likeness (QED) is 0.881. The van der Waals surface area contributed by atoms with Crippen molar-refractivity contribution in [2.75, 3.05) is 6.54 Å². The Morgan fingerprint density at radius 1 is 1.38 bits per heavy atom. The van der Waals surface area contributed by atoms with Crippen molar-refractivity contribution in [3.8, 4) is 11.4 Å². The van der Waals surface area contributed by atoms with Crippen molar-refractivity contribution in [3.05, 3.63) is 22.2 Å². The Bertz CT molecular complexity index is 572. The number of hydrogen-bond acceptors (Lipinski definition) is 5. The number of nitrogens with one attached hydrogen (secondary N) is 1. The van der Waals surface area contributed by atoms with E-state index in [0.717, 1.165) is 36.2 Å². The second-order valence-electron chi connectivity index (χ2n) is 5.89. The van der Waals surface area contributed by atoms with Gasteiger partial charge in [0.05, 0.1) is 0 Å². The van der Waals surface area contributed by atoms with E-state index in [4.69, 9.17) is 4.52 Å². The summed E-state index contributed by atoms with van der Waals surface area (Å²) in [7, 11) is 0. The Labute approximate surface area is 130 Å². The normalized spacial score (nSPS) is 17.4. The summed E-state index contributed by atoms with van der Waals surface area (Å²) < 4.78 is 5.48. The molecule has 2 aromatic heterocycles. The second kappa shape index (κ2) is 6.71. The van der Waals surface area contributed by atoms with Crippen LogP contribution in [0.15, 0.2) is 15.3 Å². The summed E-state index contributed by atoms with van der Waals surface area (Å²) in [5.41, 5.74) is 2.31. The molecule has 5 heteroatoms. The highest BCUT2D eigenvalue weighted by Crippen LogP contribution is 2.30. The van der Waals surface area contributed by atoms with Crippen molar-refractivity contribution in [1.82, 2.24) is 15.5 Å². The molecular weight excluding hydrogens is 282 g/mol. The number of nitrogens with zero attached hydrogens (tertiary/aromatic N) is 2. The van der Waals surface area contributed by atoms with E-state index in [0.29, 0.717) is 6.04 Å². The number of rotatable bonds is 6. The zero-order chi connectivity index (χ0) is 14.7. The lowest BCUT2D eigenvalue weighted by molar-refractivity contribution is 0.311. The van der Waals surface area contributed by atoms with Crippen LogP contribution in [0.25, 0.3) is 11.4 Å². The fraction of sp³-hybridized carbons (Fsp3) is 0.625. The smallest absolute Gasteiger partial charge is 0.228 e. The molecule has 1 aliphatic rings. The highest BCUT2D eigenvalue weighted by Gasteiger charge is 2.26. The minimum Gasteiger partial charge on any atom is -0.339 e. The van der Waals surface area contributed by atoms with Crippen LogP contribution in [0.5, 0.6) is 0 Å². The van der Waals surface area contributed by atoms with Gasteiger partial charge in [0.2, 0.25) is 11.7 Å². The molecule has 1 N–H and O–H groups in total. The predicted molar refractivity (Wildman–Crippen MR) is 85.5 cm³/mol. The van der Waals surface area contributed by atoms with Crippen LogP contribution >= 0.6 is 11.3 Å². The van der Waals surface area contributed by atoms with Gasteiger partial charge >= 0.3 is 0 Å². The standard InChI is InChI=1S/C16H23N3OS/c1-3-17-14(12-6-4-5-7-12)8-15-18-16(19-20-15)13-10-21-9-11(13)2/h9-10,12,14,17H,3-8H2,1-2H3. The summed E-state index contributed by atoms with van der Waals surface area (Å²) in [6.07, 6.45) is 6.20. The minimum atomic E-state index is 0.467. The molecule has 2 aromatic rings. The zero-order valence-corrected chi connectivity index (χ0v) is 13.6. The van der Waals surface area contributed by atoms with E-state index < -0.39 is 0 Å². The molecule has 0 aromatic carbocycles. The van der Waals surface area contributed by atoms with E-state index in [1.54, 1.807) is 11.3 Å². The first-order valence-corrected chi connectivity index (χ1v) is 8.81. The largest absolute Gasteiger partial charge is 0.339 e. The van der Waals surface area contributed by atoms with Gasteiger partial charge in [-0.05, 0) is 43.2 Å². The van der Waals surface area contributed by atoms with Crippen molar-refractivity contribution < 1.29 is 4.52 Å². The summed E-state index contributed by atoms with van der Waals surface area (Å²) in [4.78, 5) is 4.60. The van der Waals surface area contributed by atoms with Gasteiger partial charge in [-0.1, -0.05) is 24.9 Å². The van der Waals surface area contributed by atoms with E-state index in [2.05, 4.69) is 40.1 Å². The Morgan fingerprint density at radius 2 is 2.19 bits per heavy atom. The van der Waals surface area contributed by atoms with Crippen LogP contribution < -0.4 is 5.32 Å². The van der Waals surface area contributed by atoms with Crippen LogP contribution in [-0.4, -0.2) is 22.7 Å². The molecule has 114 valence electrons. The molecule has 1 unspecified atom stereocenters. The van der Waals surface area contributed by atoms with Crippen molar-refractivity contribution in [2.45, 2.75) is 52.0 Å². The maximum atomic E-state index is 5.48. The molecule has 0 radical (unpaired) electrons. The summed E-state index contributed by atoms with van der Waals surface area (Å²) in [6.45, 7) is 5.24. The van der Waals surface area contributed by atoms with Gasteiger partial charge in [0.25, 0.3) is 0 Å². The zero-order valence-electron chi connectivity index (χ0n) is 12.8. The predicted octanol–water partition coefficient (Wildman–Crippen LogP) is 3.82. The third kappa shape index (κ3) is 3.35. The van der Waals surface area contributed by atoms with Gasteiger partial charge in [-0.2, -0.15) is 16.3 Å². The van der Waals surface area contributed by atoms with Gasteiger partial charge in [-0.15, -0.1) is 0 Å². The van der Waals surface area contributed by atoms with E-state index in [9.17, 15) is 0 Å². The number of likely N-dealkylation sites (N-methyl/N-ethyl adjacent to an activating group) is 1. The summed E-state index contributed by atoms with van der Waals surface area (Å²) in [5.74, 6) is 2.24. The number of aromatic nitrogens is 2. The molecular formula is C16H23N3OS. The van der Waals surface area contributed by atoms with Crippen LogP contribution in [0.1, 0.15) is 44.1 Å². The van der Waals surface area contributed by atoms with Crippen molar-refractivity contribution in [3.63, 3.8) is 0 Å². The molecule has 0 amide bonds. The van der Waals surface area contributed by atoms with Gasteiger partial charge in [0.1, 0.15) is 0 Å². The highest BCUT2D eigenvalue weighted by molar-refractivity contribution is 7.08. The Balaban J connectivity index is 1.71. The molecule has 1 saturated carbocycles. The SMILES string of the molecule is CCNC(Cc1nc(-c2cscc2C)no1)C1CCCC1. The second-order valence-corrected chi connectivity index (χ2v) is 6.64. The molecule has 4 nitrogen and oxygen atoms in total. The van der Waals surface area contributed by atoms with Crippen LogP contribution in [-0.2, 0) is 6.42 Å². The first kappa shape index (κ1) is 14.7. The molecule has 3 rings (SSSR count). The average Bonchev–Trinajstić information content (AvgIpc) is 3.18. The minimum absolute atomic E-state index is 0.467. The fourth-order valence-electron chi connectivity index (χ4n) is 3.25. The van der Waals surface area contributed by atoms with Crippen molar-refractivity contribution in [2.24, 2.45) is 5.92 Å². The first-order chi connectivity index (χ1) is 10.3. The monoisotopic (exact) mass is 305 g/mol. The van der Waals surface area contributed by atoms with Gasteiger partial charge in [-0.25, -0.2) is 0 Å². The molecule has 2 heterocycles. The maximum absolute atomic E-state index is 5.48. The third-order valence-corrected chi connectivity index (χ3v) is 5.26. The molecule has 0 spiro atoms.